The van der Waals surface area contributed by atoms with Crippen molar-refractivity contribution < 1.29 is 27.1 Å². The highest BCUT2D eigenvalue weighted by Crippen LogP contribution is 2.33. The Hall–Kier alpha value is -2.64. The summed E-state index contributed by atoms with van der Waals surface area (Å²) in [4.78, 5) is 16.3. The standard InChI is InChI=1S/C18H16F4N2O2/c19-14-6-5-11(9-13(14)18(20,21)22)24-17(25)10-26-16-7-8-23-15-4-2-1-3-12(15)16/h5-9H,1-4,10H2,(H,24,25). The van der Waals surface area contributed by atoms with Gasteiger partial charge in [-0.05, 0) is 49.9 Å². The number of carbonyl (C=O) groups is 1. The number of rotatable bonds is 4. The molecular weight excluding hydrogens is 352 g/mol. The Morgan fingerprint density at radius 3 is 2.73 bits per heavy atom. The van der Waals surface area contributed by atoms with Crippen molar-refractivity contribution in [1.82, 2.24) is 4.98 Å². The molecule has 1 aromatic carbocycles. The van der Waals surface area contributed by atoms with Gasteiger partial charge in [-0.25, -0.2) is 4.39 Å². The van der Waals surface area contributed by atoms with E-state index in [0.29, 0.717) is 17.9 Å². The molecule has 1 heterocycles. The number of carbonyl (C=O) groups excluding carboxylic acids is 1. The number of aromatic nitrogens is 1. The topological polar surface area (TPSA) is 51.2 Å². The van der Waals surface area contributed by atoms with Crippen LogP contribution >= 0.6 is 0 Å². The highest BCUT2D eigenvalue weighted by atomic mass is 19.4. The summed E-state index contributed by atoms with van der Waals surface area (Å²) in [5.74, 6) is -1.47. The molecule has 138 valence electrons. The first-order chi connectivity index (χ1) is 12.3. The summed E-state index contributed by atoms with van der Waals surface area (Å²) in [5, 5.41) is 2.29. The number of fused-ring (bicyclic) bond motifs is 1. The molecule has 0 unspecified atom stereocenters. The lowest BCUT2D eigenvalue weighted by Crippen LogP contribution is -2.21. The first-order valence-corrected chi connectivity index (χ1v) is 8.11. The Morgan fingerprint density at radius 2 is 1.96 bits per heavy atom. The van der Waals surface area contributed by atoms with E-state index in [2.05, 4.69) is 10.3 Å². The van der Waals surface area contributed by atoms with Crippen LogP contribution in [0.15, 0.2) is 30.5 Å². The SMILES string of the molecule is O=C(COc1ccnc2c1CCCC2)Nc1ccc(F)c(C(F)(F)F)c1. The van der Waals surface area contributed by atoms with Crippen LogP contribution in [0.1, 0.15) is 29.7 Å². The molecule has 0 atom stereocenters. The maximum absolute atomic E-state index is 13.3. The molecule has 0 saturated carbocycles. The molecular formula is C18H16F4N2O2. The van der Waals surface area contributed by atoms with E-state index in [4.69, 9.17) is 4.74 Å². The lowest BCUT2D eigenvalue weighted by molar-refractivity contribution is -0.140. The lowest BCUT2D eigenvalue weighted by atomic mass is 9.95. The molecule has 1 aliphatic carbocycles. The Balaban J connectivity index is 1.65. The Morgan fingerprint density at radius 1 is 1.19 bits per heavy atom. The van der Waals surface area contributed by atoms with Crippen LogP contribution in [0.3, 0.4) is 0 Å². The molecule has 26 heavy (non-hydrogen) atoms. The number of benzene rings is 1. The third kappa shape index (κ3) is 4.12. The van der Waals surface area contributed by atoms with Crippen LogP contribution in [0.25, 0.3) is 0 Å². The summed E-state index contributed by atoms with van der Waals surface area (Å²) < 4.78 is 56.9. The maximum Gasteiger partial charge on any atom is 0.419 e. The number of amides is 1. The summed E-state index contributed by atoms with van der Waals surface area (Å²) in [7, 11) is 0. The van der Waals surface area contributed by atoms with Gasteiger partial charge in [0.2, 0.25) is 0 Å². The van der Waals surface area contributed by atoms with E-state index < -0.39 is 23.5 Å². The zero-order chi connectivity index (χ0) is 18.7. The minimum atomic E-state index is -4.84. The van der Waals surface area contributed by atoms with Crippen molar-refractivity contribution in [2.24, 2.45) is 0 Å². The van der Waals surface area contributed by atoms with Gasteiger partial charge in [-0.2, -0.15) is 13.2 Å². The van der Waals surface area contributed by atoms with Crippen molar-refractivity contribution >= 4 is 11.6 Å². The molecule has 0 aliphatic heterocycles. The maximum atomic E-state index is 13.3. The first kappa shape index (κ1) is 18.2. The van der Waals surface area contributed by atoms with Crippen molar-refractivity contribution in [2.45, 2.75) is 31.9 Å². The van der Waals surface area contributed by atoms with Gasteiger partial charge >= 0.3 is 6.18 Å². The van der Waals surface area contributed by atoms with Crippen molar-refractivity contribution in [1.29, 1.82) is 0 Å². The smallest absolute Gasteiger partial charge is 0.419 e. The van der Waals surface area contributed by atoms with E-state index in [-0.39, 0.29) is 12.3 Å². The number of hydrogen-bond donors (Lipinski definition) is 1. The van der Waals surface area contributed by atoms with Gasteiger partial charge in [-0.3, -0.25) is 9.78 Å². The molecule has 3 rings (SSSR count). The number of pyridine rings is 1. The molecule has 1 N–H and O–H groups in total. The fourth-order valence-electron chi connectivity index (χ4n) is 2.89. The predicted octanol–water partition coefficient (Wildman–Crippen LogP) is 4.14. The molecule has 0 saturated heterocycles. The molecule has 2 aromatic rings. The van der Waals surface area contributed by atoms with Gasteiger partial charge in [0.1, 0.15) is 11.6 Å². The number of nitrogens with zero attached hydrogens (tertiary/aromatic N) is 1. The Labute approximate surface area is 147 Å². The fraction of sp³-hybridized carbons (Fsp3) is 0.333. The highest BCUT2D eigenvalue weighted by molar-refractivity contribution is 5.92. The Kier molecular flexibility index (Phi) is 5.11. The zero-order valence-corrected chi connectivity index (χ0v) is 13.7. The number of anilines is 1. The highest BCUT2D eigenvalue weighted by Gasteiger charge is 2.34. The number of nitrogens with one attached hydrogen (secondary N) is 1. The molecule has 0 bridgehead atoms. The average Bonchev–Trinajstić information content (AvgIpc) is 2.60. The molecule has 1 aliphatic rings. The van der Waals surface area contributed by atoms with Crippen molar-refractivity contribution in [3.8, 4) is 5.75 Å². The van der Waals surface area contributed by atoms with Gasteiger partial charge in [0.05, 0.1) is 5.56 Å². The number of alkyl halides is 3. The van der Waals surface area contributed by atoms with Crippen LogP contribution in [0.4, 0.5) is 23.2 Å². The average molecular weight is 368 g/mol. The molecule has 1 amide bonds. The second-order valence-corrected chi connectivity index (χ2v) is 5.97. The fourth-order valence-corrected chi connectivity index (χ4v) is 2.89. The van der Waals surface area contributed by atoms with Gasteiger partial charge in [-0.1, -0.05) is 0 Å². The summed E-state index contributed by atoms with van der Waals surface area (Å²) in [6, 6.07) is 3.95. The molecule has 8 heteroatoms. The number of hydrogen-bond acceptors (Lipinski definition) is 3. The van der Waals surface area contributed by atoms with Crippen LogP contribution < -0.4 is 10.1 Å². The van der Waals surface area contributed by atoms with Gasteiger partial charge in [0.25, 0.3) is 5.91 Å². The predicted molar refractivity (Wildman–Crippen MR) is 86.4 cm³/mol. The largest absolute Gasteiger partial charge is 0.483 e. The zero-order valence-electron chi connectivity index (χ0n) is 13.7. The molecule has 1 aromatic heterocycles. The van der Waals surface area contributed by atoms with Crippen LogP contribution in [0.5, 0.6) is 5.75 Å². The summed E-state index contributed by atoms with van der Waals surface area (Å²) >= 11 is 0. The van der Waals surface area contributed by atoms with E-state index in [1.54, 1.807) is 12.3 Å². The quantitative estimate of drug-likeness (QED) is 0.826. The van der Waals surface area contributed by atoms with Crippen molar-refractivity contribution in [3.05, 3.63) is 53.1 Å². The lowest BCUT2D eigenvalue weighted by Gasteiger charge is -2.18. The number of aryl methyl sites for hydroxylation is 1. The van der Waals surface area contributed by atoms with E-state index in [9.17, 15) is 22.4 Å². The van der Waals surface area contributed by atoms with Crippen molar-refractivity contribution in [3.63, 3.8) is 0 Å². The normalized spacial score (nSPS) is 13.8. The summed E-state index contributed by atoms with van der Waals surface area (Å²) in [6.45, 7) is -0.366. The van der Waals surface area contributed by atoms with E-state index in [1.165, 1.54) is 0 Å². The number of ether oxygens (including phenoxy) is 1. The second-order valence-electron chi connectivity index (χ2n) is 5.97. The van der Waals surface area contributed by atoms with E-state index in [1.807, 2.05) is 0 Å². The van der Waals surface area contributed by atoms with E-state index in [0.717, 1.165) is 43.0 Å². The summed E-state index contributed by atoms with van der Waals surface area (Å²) in [5.41, 5.74) is 0.332. The van der Waals surface area contributed by atoms with Gasteiger partial charge in [0, 0.05) is 23.1 Å². The monoisotopic (exact) mass is 368 g/mol. The molecule has 0 radical (unpaired) electrons. The minimum Gasteiger partial charge on any atom is -0.483 e. The van der Waals surface area contributed by atoms with Crippen LogP contribution in [-0.4, -0.2) is 17.5 Å². The third-order valence-electron chi connectivity index (χ3n) is 4.11. The third-order valence-corrected chi connectivity index (χ3v) is 4.11. The van der Waals surface area contributed by atoms with Gasteiger partial charge < -0.3 is 10.1 Å². The Bertz CT molecular complexity index is 821. The van der Waals surface area contributed by atoms with E-state index >= 15 is 0 Å². The molecule has 4 nitrogen and oxygen atoms in total. The number of halogens is 4. The van der Waals surface area contributed by atoms with Gasteiger partial charge in [0.15, 0.2) is 6.61 Å². The van der Waals surface area contributed by atoms with Crippen LogP contribution in [-0.2, 0) is 23.8 Å². The molecule has 0 spiro atoms. The minimum absolute atomic E-state index is 0.149. The van der Waals surface area contributed by atoms with Crippen molar-refractivity contribution in [2.75, 3.05) is 11.9 Å². The molecule has 0 fully saturated rings. The van der Waals surface area contributed by atoms with Gasteiger partial charge in [-0.15, -0.1) is 0 Å². The van der Waals surface area contributed by atoms with Crippen LogP contribution in [0, 0.1) is 5.82 Å². The second kappa shape index (κ2) is 7.31. The van der Waals surface area contributed by atoms with Crippen LogP contribution in [0.2, 0.25) is 0 Å². The summed E-state index contributed by atoms with van der Waals surface area (Å²) in [6.07, 6.45) is 0.499. The first-order valence-electron chi connectivity index (χ1n) is 8.11.